The van der Waals surface area contributed by atoms with Gasteiger partial charge in [0.05, 0.1) is 33.0 Å². The maximum Gasteiger partial charge on any atom is 0.333 e. The van der Waals surface area contributed by atoms with Crippen molar-refractivity contribution in [1.82, 2.24) is 0 Å². The van der Waals surface area contributed by atoms with Gasteiger partial charge in [-0.15, -0.1) is 0 Å². The molecule has 1 atom stereocenters. The highest BCUT2D eigenvalue weighted by atomic mass is 16.5. The highest BCUT2D eigenvalue weighted by Gasteiger charge is 2.29. The molecule has 2 N–H and O–H groups in total. The van der Waals surface area contributed by atoms with Crippen LogP contribution < -0.4 is 4.74 Å². The third-order valence-corrected chi connectivity index (χ3v) is 12.8. The predicted octanol–water partition coefficient (Wildman–Crippen LogP) is 11.9. The zero-order valence-electron chi connectivity index (χ0n) is 37.8. The minimum Gasteiger partial charge on any atom is -0.493 e. The first-order valence-corrected chi connectivity index (χ1v) is 23.1. The Labute approximate surface area is 362 Å². The van der Waals surface area contributed by atoms with Gasteiger partial charge in [-0.25, -0.2) is 9.59 Å². The second-order valence-electron chi connectivity index (χ2n) is 17.7. The van der Waals surface area contributed by atoms with Crippen molar-refractivity contribution in [2.75, 3.05) is 33.0 Å². The van der Waals surface area contributed by atoms with E-state index >= 15 is 0 Å². The van der Waals surface area contributed by atoms with E-state index in [-0.39, 0.29) is 26.4 Å². The molecule has 0 radical (unpaired) electrons. The molecular formula is C53H76O7. The second-order valence-corrected chi connectivity index (χ2v) is 17.7. The number of rotatable bonds is 26. The van der Waals surface area contributed by atoms with Gasteiger partial charge in [-0.3, -0.25) is 0 Å². The van der Waals surface area contributed by atoms with Gasteiger partial charge in [-0.1, -0.05) is 102 Å². The molecule has 0 spiro atoms. The van der Waals surface area contributed by atoms with Crippen LogP contribution in [0.4, 0.5) is 0 Å². The van der Waals surface area contributed by atoms with E-state index in [0.717, 1.165) is 47.6 Å². The lowest BCUT2D eigenvalue weighted by molar-refractivity contribution is -0.139. The molecule has 1 unspecified atom stereocenters. The lowest BCUT2D eigenvalue weighted by Crippen LogP contribution is -2.31. The number of unbranched alkanes of at least 4 members (excludes halogenated alkanes) is 2. The van der Waals surface area contributed by atoms with Crippen molar-refractivity contribution in [3.05, 3.63) is 101 Å². The summed E-state index contributed by atoms with van der Waals surface area (Å²) in [6.07, 6.45) is 24.5. The van der Waals surface area contributed by atoms with Crippen LogP contribution in [0.2, 0.25) is 0 Å². The average molecular weight is 825 g/mol. The van der Waals surface area contributed by atoms with Crippen LogP contribution >= 0.6 is 0 Å². The summed E-state index contributed by atoms with van der Waals surface area (Å²) in [6, 6.07) is 11.4. The van der Waals surface area contributed by atoms with Gasteiger partial charge >= 0.3 is 11.9 Å². The van der Waals surface area contributed by atoms with Crippen molar-refractivity contribution in [2.24, 2.45) is 17.3 Å². The summed E-state index contributed by atoms with van der Waals surface area (Å²) in [7, 11) is 0. The van der Waals surface area contributed by atoms with E-state index in [9.17, 15) is 19.8 Å². The van der Waals surface area contributed by atoms with Crippen molar-refractivity contribution in [2.45, 2.75) is 150 Å². The maximum atomic E-state index is 12.2. The summed E-state index contributed by atoms with van der Waals surface area (Å²) in [6.45, 7) is 17.8. The number of ether oxygens (including phenoxy) is 3. The molecule has 2 aromatic carbocycles. The fourth-order valence-electron chi connectivity index (χ4n) is 9.03. The number of hydrogen-bond acceptors (Lipinski definition) is 7. The van der Waals surface area contributed by atoms with Crippen LogP contribution in [0.1, 0.15) is 153 Å². The third kappa shape index (κ3) is 14.3. The Balaban J connectivity index is 1.61. The van der Waals surface area contributed by atoms with Crippen LogP contribution in [0.25, 0.3) is 11.1 Å². The van der Waals surface area contributed by atoms with Crippen LogP contribution in [0.3, 0.4) is 0 Å². The molecule has 60 heavy (non-hydrogen) atoms. The fraction of sp³-hybridized carbons (Fsp3) is 0.585. The van der Waals surface area contributed by atoms with Crippen LogP contribution in [-0.2, 0) is 38.3 Å². The normalized spacial score (nSPS) is 17.9. The number of aryl methyl sites for hydroxylation is 3. The van der Waals surface area contributed by atoms with E-state index in [2.05, 4.69) is 82.5 Å². The molecule has 1 saturated carbocycles. The first-order chi connectivity index (χ1) is 29.0. The third-order valence-electron chi connectivity index (χ3n) is 12.8. The molecule has 2 aliphatic carbocycles. The number of allylic oxidation sites excluding steroid dienone is 4. The van der Waals surface area contributed by atoms with Gasteiger partial charge in [-0.2, -0.15) is 0 Å². The minimum absolute atomic E-state index is 0.119. The highest BCUT2D eigenvalue weighted by molar-refractivity contribution is 5.87. The van der Waals surface area contributed by atoms with Gasteiger partial charge in [-0.05, 0) is 154 Å². The van der Waals surface area contributed by atoms with E-state index in [4.69, 9.17) is 14.2 Å². The molecule has 0 aliphatic heterocycles. The molecule has 0 bridgehead atoms. The van der Waals surface area contributed by atoms with Gasteiger partial charge < -0.3 is 24.4 Å². The van der Waals surface area contributed by atoms with Crippen LogP contribution in [0, 0.1) is 17.3 Å². The van der Waals surface area contributed by atoms with Gasteiger partial charge in [0.1, 0.15) is 5.75 Å². The van der Waals surface area contributed by atoms with Gasteiger partial charge in [0, 0.05) is 22.5 Å². The number of hydrogen-bond donors (Lipinski definition) is 2. The fourth-order valence-corrected chi connectivity index (χ4v) is 9.03. The summed E-state index contributed by atoms with van der Waals surface area (Å²) in [5.74, 6) is 1.92. The SMILES string of the molecule is C=C(C)C(=O)OCCCc1cc(-c2ccc(C3C=CC(C4CCC(CCCCC)CC4)=CC3)cc2CC)cc(CCCOC(=O)C(=C)C)c1OCCC(CO)(CO)CCC. The van der Waals surface area contributed by atoms with E-state index < -0.39 is 17.4 Å². The Bertz CT molecular complexity index is 1720. The molecule has 2 aliphatic rings. The van der Waals surface area contributed by atoms with Crippen molar-refractivity contribution in [1.29, 1.82) is 0 Å². The lowest BCUT2D eigenvalue weighted by Gasteiger charge is -2.31. The molecule has 330 valence electrons. The van der Waals surface area contributed by atoms with Crippen molar-refractivity contribution in [3.63, 3.8) is 0 Å². The van der Waals surface area contributed by atoms with Crippen molar-refractivity contribution in [3.8, 4) is 16.9 Å². The largest absolute Gasteiger partial charge is 0.493 e. The lowest BCUT2D eigenvalue weighted by atomic mass is 9.75. The van der Waals surface area contributed by atoms with E-state index in [1.54, 1.807) is 19.4 Å². The molecule has 2 aromatic rings. The average Bonchev–Trinajstić information content (AvgIpc) is 3.26. The number of carbonyl (C=O) groups excluding carboxylic acids is 2. The molecule has 7 heteroatoms. The van der Waals surface area contributed by atoms with Gasteiger partial charge in [0.2, 0.25) is 0 Å². The Hall–Kier alpha value is -3.94. The highest BCUT2D eigenvalue weighted by Crippen LogP contribution is 2.41. The standard InChI is InChI=1S/C53H76O7/c1-8-11-12-15-40-18-20-42(21-19-40)43-22-24-44(25-23-43)45-26-27-49(41(10-3)33-45)48-34-46(16-13-30-59-51(56)38(4)5)50(58-32-29-53(36-54,37-55)28-9-2)47(35-48)17-14-31-60-52(57)39(6)7/h22-24,26-27,33-35,40,42,44,54-55H,4,6,8-21,25,28-32,36-37H2,1-3,5,7H3. The van der Waals surface area contributed by atoms with E-state index in [1.807, 2.05) is 0 Å². The first-order valence-electron chi connectivity index (χ1n) is 23.1. The van der Waals surface area contributed by atoms with Crippen LogP contribution in [-0.4, -0.2) is 55.2 Å². The topological polar surface area (TPSA) is 102 Å². The summed E-state index contributed by atoms with van der Waals surface area (Å²) in [5.41, 5.74) is 8.52. The predicted molar refractivity (Wildman–Crippen MR) is 245 cm³/mol. The number of benzene rings is 2. The van der Waals surface area contributed by atoms with Gasteiger partial charge in [0.15, 0.2) is 0 Å². The number of aliphatic hydroxyl groups excluding tert-OH is 2. The number of aliphatic hydroxyl groups is 2. The molecule has 0 amide bonds. The molecule has 4 rings (SSSR count). The molecule has 1 fully saturated rings. The van der Waals surface area contributed by atoms with Crippen LogP contribution in [0.15, 0.2) is 78.4 Å². The minimum atomic E-state index is -0.627. The molecule has 0 saturated heterocycles. The smallest absolute Gasteiger partial charge is 0.333 e. The Morgan fingerprint density at radius 3 is 1.92 bits per heavy atom. The molecule has 0 heterocycles. The van der Waals surface area contributed by atoms with E-state index in [1.165, 1.54) is 68.1 Å². The zero-order valence-corrected chi connectivity index (χ0v) is 37.8. The van der Waals surface area contributed by atoms with Gasteiger partial charge in [0.25, 0.3) is 0 Å². The summed E-state index contributed by atoms with van der Waals surface area (Å²) in [5, 5.41) is 20.5. The summed E-state index contributed by atoms with van der Waals surface area (Å²) in [4.78, 5) is 24.4. The summed E-state index contributed by atoms with van der Waals surface area (Å²) >= 11 is 0. The maximum absolute atomic E-state index is 12.2. The van der Waals surface area contributed by atoms with Crippen LogP contribution in [0.5, 0.6) is 5.75 Å². The summed E-state index contributed by atoms with van der Waals surface area (Å²) < 4.78 is 17.6. The molecule has 0 aromatic heterocycles. The quantitative estimate of drug-likeness (QED) is 0.0553. The van der Waals surface area contributed by atoms with Crippen molar-refractivity contribution < 1.29 is 34.0 Å². The Morgan fingerprint density at radius 2 is 1.40 bits per heavy atom. The van der Waals surface area contributed by atoms with E-state index in [0.29, 0.717) is 68.1 Å². The molecule has 7 nitrogen and oxygen atoms in total. The zero-order chi connectivity index (χ0) is 43.5. The van der Waals surface area contributed by atoms with Crippen molar-refractivity contribution >= 4 is 11.9 Å². The Kier molecular flexibility index (Phi) is 20.4. The molecular weight excluding hydrogens is 749 g/mol. The second kappa shape index (κ2) is 25.1. The number of esters is 2. The number of carbonyl (C=O) groups is 2. The Morgan fingerprint density at radius 1 is 0.767 bits per heavy atom. The first kappa shape index (κ1) is 48.7. The monoisotopic (exact) mass is 825 g/mol.